The highest BCUT2D eigenvalue weighted by Gasteiger charge is 2.37. The number of alkyl halides is 3. The molecule has 2 rings (SSSR count). The lowest BCUT2D eigenvalue weighted by Gasteiger charge is -2.24. The maximum absolute atomic E-state index is 14.1. The lowest BCUT2D eigenvalue weighted by atomic mass is 9.92. The Labute approximate surface area is 131 Å². The maximum Gasteiger partial charge on any atom is 0.268 e. The van der Waals surface area contributed by atoms with Gasteiger partial charge in [0.2, 0.25) is 0 Å². The van der Waals surface area contributed by atoms with Gasteiger partial charge in [-0.3, -0.25) is 0 Å². The standard InChI is InChI=1S/C14H9Cl4F/c15-11-5-1-9(2-6-11)13(14(17,18)19)10-3-7-12(16)8-4-10/h1-8,13H. The summed E-state index contributed by atoms with van der Waals surface area (Å²) in [6, 6.07) is 13.4. The number of benzene rings is 2. The van der Waals surface area contributed by atoms with E-state index in [9.17, 15) is 4.39 Å². The van der Waals surface area contributed by atoms with Crippen molar-refractivity contribution in [3.05, 3.63) is 69.7 Å². The van der Waals surface area contributed by atoms with Gasteiger partial charge in [0.15, 0.2) is 0 Å². The van der Waals surface area contributed by atoms with Crippen molar-refractivity contribution in [3.63, 3.8) is 0 Å². The normalized spacial score (nSPS) is 11.9. The third-order valence-corrected chi connectivity index (χ3v) is 3.67. The Morgan fingerprint density at radius 2 is 1.05 bits per heavy atom. The fourth-order valence-electron chi connectivity index (χ4n) is 1.88. The highest BCUT2D eigenvalue weighted by Crippen LogP contribution is 2.44. The van der Waals surface area contributed by atoms with Gasteiger partial charge in [-0.05, 0) is 35.4 Å². The molecule has 0 unspecified atom stereocenters. The topological polar surface area (TPSA) is 0 Å². The summed E-state index contributed by atoms with van der Waals surface area (Å²) in [5, 5.41) is 1.12. The summed E-state index contributed by atoms with van der Waals surface area (Å²) in [4.78, 5) is 0. The largest absolute Gasteiger partial charge is 0.268 e. The molecule has 0 aliphatic rings. The first-order valence-corrected chi connectivity index (χ1v) is 6.97. The van der Waals surface area contributed by atoms with E-state index in [2.05, 4.69) is 0 Å². The molecule has 0 bridgehead atoms. The second kappa shape index (κ2) is 5.88. The van der Waals surface area contributed by atoms with Gasteiger partial charge in [-0.25, -0.2) is 4.39 Å². The Morgan fingerprint density at radius 3 is 1.32 bits per heavy atom. The van der Waals surface area contributed by atoms with E-state index in [1.54, 1.807) is 48.5 Å². The molecule has 0 nitrogen and oxygen atoms in total. The van der Waals surface area contributed by atoms with Crippen LogP contribution in [0, 0.1) is 0 Å². The van der Waals surface area contributed by atoms with Gasteiger partial charge in [-0.2, -0.15) is 0 Å². The molecule has 0 aromatic heterocycles. The quantitative estimate of drug-likeness (QED) is 0.582. The lowest BCUT2D eigenvalue weighted by molar-refractivity contribution is 0.358. The second-order valence-electron chi connectivity index (χ2n) is 4.08. The minimum absolute atomic E-state index is 0.562. The van der Waals surface area contributed by atoms with E-state index in [0.717, 1.165) is 0 Å². The molecule has 0 spiro atoms. The van der Waals surface area contributed by atoms with Gasteiger partial charge in [0.25, 0.3) is 4.59 Å². The molecule has 0 atom stereocenters. The van der Waals surface area contributed by atoms with Crippen LogP contribution in [-0.4, -0.2) is 4.59 Å². The zero-order valence-electron chi connectivity index (χ0n) is 9.59. The summed E-state index contributed by atoms with van der Waals surface area (Å²) in [6.07, 6.45) is 0. The predicted octanol–water partition coefficient (Wildman–Crippen LogP) is 6.23. The van der Waals surface area contributed by atoms with Gasteiger partial charge in [0.1, 0.15) is 0 Å². The molecule has 0 N–H and O–H groups in total. The van der Waals surface area contributed by atoms with Crippen LogP contribution in [0.15, 0.2) is 48.5 Å². The molecule has 0 aliphatic carbocycles. The van der Waals surface area contributed by atoms with Gasteiger partial charge >= 0.3 is 0 Å². The Morgan fingerprint density at radius 1 is 0.737 bits per heavy atom. The van der Waals surface area contributed by atoms with Gasteiger partial charge in [0, 0.05) is 10.0 Å². The van der Waals surface area contributed by atoms with Crippen molar-refractivity contribution >= 4 is 46.4 Å². The predicted molar refractivity (Wildman–Crippen MR) is 80.3 cm³/mol. The summed E-state index contributed by atoms with van der Waals surface area (Å²) in [7, 11) is 0. The summed E-state index contributed by atoms with van der Waals surface area (Å²) < 4.78 is 11.7. The van der Waals surface area contributed by atoms with Gasteiger partial charge in [0.05, 0.1) is 5.92 Å². The molecular formula is C14H9Cl4F. The number of hydrogen-bond donors (Lipinski definition) is 0. The van der Waals surface area contributed by atoms with Crippen molar-refractivity contribution < 1.29 is 4.39 Å². The van der Waals surface area contributed by atoms with Crippen LogP contribution in [0.1, 0.15) is 17.0 Å². The molecular weight excluding hydrogens is 329 g/mol. The molecule has 0 amide bonds. The van der Waals surface area contributed by atoms with Gasteiger partial charge < -0.3 is 0 Å². The van der Waals surface area contributed by atoms with Crippen LogP contribution in [0.25, 0.3) is 0 Å². The highest BCUT2D eigenvalue weighted by molar-refractivity contribution is 6.47. The smallest absolute Gasteiger partial charge is 0.207 e. The minimum atomic E-state index is -2.43. The van der Waals surface area contributed by atoms with Crippen molar-refractivity contribution in [1.29, 1.82) is 0 Å². The zero-order valence-corrected chi connectivity index (χ0v) is 12.6. The first-order valence-electron chi connectivity index (χ1n) is 5.45. The molecule has 0 saturated heterocycles. The minimum Gasteiger partial charge on any atom is -0.207 e. The van der Waals surface area contributed by atoms with E-state index < -0.39 is 10.5 Å². The Bertz CT molecular complexity index is 498. The fourth-order valence-corrected chi connectivity index (χ4v) is 2.64. The summed E-state index contributed by atoms with van der Waals surface area (Å²) in [6.45, 7) is 0. The Hall–Kier alpha value is -0.470. The first kappa shape index (κ1) is 14.9. The van der Waals surface area contributed by atoms with Crippen molar-refractivity contribution in [3.8, 4) is 0 Å². The third-order valence-electron chi connectivity index (χ3n) is 2.73. The maximum atomic E-state index is 14.1. The molecule has 0 aliphatic heterocycles. The van der Waals surface area contributed by atoms with Crippen LogP contribution < -0.4 is 0 Å². The van der Waals surface area contributed by atoms with E-state index >= 15 is 0 Å². The third kappa shape index (κ3) is 3.76. The molecule has 5 heteroatoms. The molecule has 100 valence electrons. The molecule has 2 aromatic rings. The van der Waals surface area contributed by atoms with Crippen LogP contribution in [0.2, 0.25) is 10.0 Å². The number of halogens is 5. The monoisotopic (exact) mass is 336 g/mol. The Kier molecular flexibility index (Phi) is 4.62. The average Bonchev–Trinajstić information content (AvgIpc) is 2.33. The van der Waals surface area contributed by atoms with Gasteiger partial charge in [-0.15, -0.1) is 0 Å². The van der Waals surface area contributed by atoms with Crippen LogP contribution in [0.4, 0.5) is 4.39 Å². The van der Waals surface area contributed by atoms with Crippen LogP contribution in [0.5, 0.6) is 0 Å². The number of hydrogen-bond acceptors (Lipinski definition) is 0. The summed E-state index contributed by atoms with van der Waals surface area (Å²) in [5.74, 6) is -0.814. The van der Waals surface area contributed by atoms with Gasteiger partial charge in [-0.1, -0.05) is 70.7 Å². The molecule has 19 heavy (non-hydrogen) atoms. The van der Waals surface area contributed by atoms with Crippen LogP contribution >= 0.6 is 46.4 Å². The van der Waals surface area contributed by atoms with Crippen LogP contribution in [-0.2, 0) is 0 Å². The van der Waals surface area contributed by atoms with Crippen molar-refractivity contribution in [2.24, 2.45) is 0 Å². The molecule has 0 radical (unpaired) electrons. The Balaban J connectivity index is 2.47. The van der Waals surface area contributed by atoms with Crippen molar-refractivity contribution in [2.45, 2.75) is 10.5 Å². The van der Waals surface area contributed by atoms with E-state index in [1.165, 1.54) is 0 Å². The SMILES string of the molecule is FC(Cl)(Cl)C(c1ccc(Cl)cc1)c1ccc(Cl)cc1. The van der Waals surface area contributed by atoms with Crippen molar-refractivity contribution in [2.75, 3.05) is 0 Å². The molecule has 0 saturated carbocycles. The number of rotatable bonds is 3. The molecule has 0 heterocycles. The van der Waals surface area contributed by atoms with Crippen molar-refractivity contribution in [1.82, 2.24) is 0 Å². The van der Waals surface area contributed by atoms with E-state index in [0.29, 0.717) is 21.2 Å². The fraction of sp³-hybridized carbons (Fsp3) is 0.143. The van der Waals surface area contributed by atoms with Crippen LogP contribution in [0.3, 0.4) is 0 Å². The lowest BCUT2D eigenvalue weighted by Crippen LogP contribution is -2.19. The zero-order chi connectivity index (χ0) is 14.0. The summed E-state index contributed by atoms with van der Waals surface area (Å²) in [5.41, 5.74) is 1.28. The summed E-state index contributed by atoms with van der Waals surface area (Å²) >= 11 is 23.0. The van der Waals surface area contributed by atoms with E-state index in [4.69, 9.17) is 46.4 Å². The first-order chi connectivity index (χ1) is 8.88. The van der Waals surface area contributed by atoms with E-state index in [1.807, 2.05) is 0 Å². The average molecular weight is 338 g/mol. The second-order valence-corrected chi connectivity index (χ2v) is 6.24. The van der Waals surface area contributed by atoms with E-state index in [-0.39, 0.29) is 0 Å². The highest BCUT2D eigenvalue weighted by atomic mass is 35.5. The molecule has 0 fully saturated rings. The molecule has 2 aromatic carbocycles.